The van der Waals surface area contributed by atoms with Crippen molar-refractivity contribution in [1.82, 2.24) is 5.32 Å². The molecule has 0 unspecified atom stereocenters. The van der Waals surface area contributed by atoms with Gasteiger partial charge in [-0.15, -0.1) is 0 Å². The van der Waals surface area contributed by atoms with Crippen molar-refractivity contribution in [3.05, 3.63) is 35.9 Å². The van der Waals surface area contributed by atoms with E-state index in [2.05, 4.69) is 39.9 Å². The largest absolute Gasteiger partial charge is 0.494 e. The standard InChI is InChI=1S/C19H29NO2/c1-7-22-16-11-8-15(9-12-16)10-13-17(21)20-19(5,6)14-18(2,3)4/h8-13H,7,14H2,1-6H3,(H,20,21)/b13-10+. The summed E-state index contributed by atoms with van der Waals surface area (Å²) in [6.45, 7) is 13.3. The highest BCUT2D eigenvalue weighted by Crippen LogP contribution is 2.26. The molecule has 0 spiro atoms. The molecule has 0 saturated heterocycles. The van der Waals surface area contributed by atoms with E-state index in [-0.39, 0.29) is 16.9 Å². The molecule has 0 radical (unpaired) electrons. The Morgan fingerprint density at radius 1 is 1.14 bits per heavy atom. The Hall–Kier alpha value is -1.77. The van der Waals surface area contributed by atoms with Crippen LogP contribution in [0.1, 0.15) is 53.5 Å². The molecule has 3 heteroatoms. The summed E-state index contributed by atoms with van der Waals surface area (Å²) in [5, 5.41) is 3.06. The lowest BCUT2D eigenvalue weighted by Crippen LogP contribution is -2.45. The first-order valence-electron chi connectivity index (χ1n) is 7.84. The van der Waals surface area contributed by atoms with Gasteiger partial charge in [-0.2, -0.15) is 0 Å². The summed E-state index contributed by atoms with van der Waals surface area (Å²) in [6.07, 6.45) is 4.32. The van der Waals surface area contributed by atoms with E-state index in [1.807, 2.05) is 37.3 Å². The fraction of sp³-hybridized carbons (Fsp3) is 0.526. The van der Waals surface area contributed by atoms with Crippen LogP contribution in [0.4, 0.5) is 0 Å². The molecule has 0 atom stereocenters. The quantitative estimate of drug-likeness (QED) is 0.790. The van der Waals surface area contributed by atoms with Crippen molar-refractivity contribution < 1.29 is 9.53 Å². The van der Waals surface area contributed by atoms with Crippen LogP contribution in [0, 0.1) is 5.41 Å². The highest BCUT2D eigenvalue weighted by molar-refractivity contribution is 5.92. The predicted molar refractivity (Wildman–Crippen MR) is 92.9 cm³/mol. The Labute approximate surface area is 134 Å². The lowest BCUT2D eigenvalue weighted by molar-refractivity contribution is -0.118. The van der Waals surface area contributed by atoms with Crippen LogP contribution in [0.3, 0.4) is 0 Å². The molecular weight excluding hydrogens is 274 g/mol. The van der Waals surface area contributed by atoms with Crippen molar-refractivity contribution in [2.45, 2.75) is 53.5 Å². The summed E-state index contributed by atoms with van der Waals surface area (Å²) in [7, 11) is 0. The zero-order valence-electron chi connectivity index (χ0n) is 14.7. The van der Waals surface area contributed by atoms with E-state index in [1.165, 1.54) is 0 Å². The molecular formula is C19H29NO2. The van der Waals surface area contributed by atoms with Gasteiger partial charge >= 0.3 is 0 Å². The van der Waals surface area contributed by atoms with Gasteiger partial charge in [0, 0.05) is 11.6 Å². The molecule has 0 aliphatic heterocycles. The number of nitrogens with one attached hydrogen (secondary N) is 1. The van der Waals surface area contributed by atoms with Gasteiger partial charge in [0.15, 0.2) is 0 Å². The first-order valence-corrected chi connectivity index (χ1v) is 7.84. The fourth-order valence-corrected chi connectivity index (χ4v) is 2.76. The first kappa shape index (κ1) is 18.3. The van der Waals surface area contributed by atoms with Crippen molar-refractivity contribution in [3.8, 4) is 5.75 Å². The molecule has 1 N–H and O–H groups in total. The summed E-state index contributed by atoms with van der Waals surface area (Å²) in [6, 6.07) is 7.69. The second-order valence-electron chi connectivity index (χ2n) is 7.45. The van der Waals surface area contributed by atoms with Gasteiger partial charge in [-0.05, 0) is 56.4 Å². The van der Waals surface area contributed by atoms with Gasteiger partial charge in [-0.25, -0.2) is 0 Å². The SMILES string of the molecule is CCOc1ccc(/C=C/C(=O)NC(C)(C)CC(C)(C)C)cc1. The highest BCUT2D eigenvalue weighted by atomic mass is 16.5. The van der Waals surface area contributed by atoms with Crippen LogP contribution in [0.15, 0.2) is 30.3 Å². The molecule has 0 aliphatic rings. The third-order valence-corrected chi connectivity index (χ3v) is 3.05. The second-order valence-corrected chi connectivity index (χ2v) is 7.45. The molecule has 1 rings (SSSR count). The zero-order chi connectivity index (χ0) is 16.8. The Morgan fingerprint density at radius 2 is 1.73 bits per heavy atom. The van der Waals surface area contributed by atoms with Crippen molar-refractivity contribution in [2.24, 2.45) is 5.41 Å². The molecule has 22 heavy (non-hydrogen) atoms. The number of ether oxygens (including phenoxy) is 1. The summed E-state index contributed by atoms with van der Waals surface area (Å²) in [4.78, 5) is 12.1. The Morgan fingerprint density at radius 3 is 2.23 bits per heavy atom. The maximum Gasteiger partial charge on any atom is 0.244 e. The molecule has 0 aliphatic carbocycles. The van der Waals surface area contributed by atoms with Crippen LogP contribution in [-0.2, 0) is 4.79 Å². The Bertz CT molecular complexity index is 507. The van der Waals surface area contributed by atoms with Gasteiger partial charge in [-0.1, -0.05) is 32.9 Å². The van der Waals surface area contributed by atoms with E-state index < -0.39 is 0 Å². The number of amides is 1. The second kappa shape index (κ2) is 7.48. The molecule has 1 aromatic rings. The van der Waals surface area contributed by atoms with Gasteiger partial charge in [0.25, 0.3) is 0 Å². The van der Waals surface area contributed by atoms with Gasteiger partial charge in [-0.3, -0.25) is 4.79 Å². The van der Waals surface area contributed by atoms with Gasteiger partial charge in [0.2, 0.25) is 5.91 Å². The van der Waals surface area contributed by atoms with Crippen LogP contribution in [0.25, 0.3) is 6.08 Å². The summed E-state index contributed by atoms with van der Waals surface area (Å²) in [5.74, 6) is 0.776. The molecule has 0 saturated carbocycles. The van der Waals surface area contributed by atoms with Crippen molar-refractivity contribution >= 4 is 12.0 Å². The van der Waals surface area contributed by atoms with E-state index in [9.17, 15) is 4.79 Å². The molecule has 0 bridgehead atoms. The minimum Gasteiger partial charge on any atom is -0.494 e. The average Bonchev–Trinajstić information content (AvgIpc) is 2.34. The van der Waals surface area contributed by atoms with Crippen molar-refractivity contribution in [2.75, 3.05) is 6.61 Å². The molecule has 0 aromatic heterocycles. The molecule has 122 valence electrons. The molecule has 1 aromatic carbocycles. The number of carbonyl (C=O) groups excluding carboxylic acids is 1. The van der Waals surface area contributed by atoms with E-state index in [1.54, 1.807) is 6.08 Å². The van der Waals surface area contributed by atoms with Crippen LogP contribution in [0.2, 0.25) is 0 Å². The van der Waals surface area contributed by atoms with E-state index >= 15 is 0 Å². The maximum absolute atomic E-state index is 12.1. The predicted octanol–water partition coefficient (Wildman–Crippen LogP) is 4.43. The number of benzene rings is 1. The summed E-state index contributed by atoms with van der Waals surface area (Å²) >= 11 is 0. The molecule has 1 amide bonds. The lowest BCUT2D eigenvalue weighted by atomic mass is 9.82. The zero-order valence-corrected chi connectivity index (χ0v) is 14.7. The van der Waals surface area contributed by atoms with Crippen LogP contribution < -0.4 is 10.1 Å². The number of carbonyl (C=O) groups is 1. The summed E-state index contributed by atoms with van der Waals surface area (Å²) in [5.41, 5.74) is 0.931. The Balaban J connectivity index is 2.60. The average molecular weight is 303 g/mol. The molecule has 0 heterocycles. The van der Waals surface area contributed by atoms with E-state index in [0.29, 0.717) is 6.61 Å². The van der Waals surface area contributed by atoms with Crippen LogP contribution in [-0.4, -0.2) is 18.1 Å². The monoisotopic (exact) mass is 303 g/mol. The smallest absolute Gasteiger partial charge is 0.244 e. The van der Waals surface area contributed by atoms with E-state index in [0.717, 1.165) is 17.7 Å². The minimum absolute atomic E-state index is 0.0665. The van der Waals surface area contributed by atoms with Crippen LogP contribution >= 0.6 is 0 Å². The highest BCUT2D eigenvalue weighted by Gasteiger charge is 2.26. The van der Waals surface area contributed by atoms with Crippen molar-refractivity contribution in [3.63, 3.8) is 0 Å². The number of rotatable bonds is 6. The minimum atomic E-state index is -0.224. The normalized spacial score (nSPS) is 12.5. The van der Waals surface area contributed by atoms with Crippen molar-refractivity contribution in [1.29, 1.82) is 0 Å². The molecule has 0 fully saturated rings. The van der Waals surface area contributed by atoms with Crippen LogP contribution in [0.5, 0.6) is 5.75 Å². The number of hydrogen-bond acceptors (Lipinski definition) is 2. The third-order valence-electron chi connectivity index (χ3n) is 3.05. The molecule has 3 nitrogen and oxygen atoms in total. The topological polar surface area (TPSA) is 38.3 Å². The fourth-order valence-electron chi connectivity index (χ4n) is 2.76. The maximum atomic E-state index is 12.1. The Kier molecular flexibility index (Phi) is 6.21. The van der Waals surface area contributed by atoms with E-state index in [4.69, 9.17) is 4.74 Å². The third kappa shape index (κ3) is 7.30. The van der Waals surface area contributed by atoms with Gasteiger partial charge in [0.1, 0.15) is 5.75 Å². The number of hydrogen-bond donors (Lipinski definition) is 1. The lowest BCUT2D eigenvalue weighted by Gasteiger charge is -2.32. The summed E-state index contributed by atoms with van der Waals surface area (Å²) < 4.78 is 5.40. The van der Waals surface area contributed by atoms with Gasteiger partial charge in [0.05, 0.1) is 6.61 Å². The first-order chi connectivity index (χ1) is 10.1. The van der Waals surface area contributed by atoms with Gasteiger partial charge < -0.3 is 10.1 Å².